The lowest BCUT2D eigenvalue weighted by molar-refractivity contribution is -0.122. The highest BCUT2D eigenvalue weighted by Crippen LogP contribution is 2.29. The van der Waals surface area contributed by atoms with Gasteiger partial charge in [-0.2, -0.15) is 0 Å². The first kappa shape index (κ1) is 12.9. The summed E-state index contributed by atoms with van der Waals surface area (Å²) in [5, 5.41) is 0. The van der Waals surface area contributed by atoms with Gasteiger partial charge in [0.2, 0.25) is 5.91 Å². The molecule has 1 heterocycles. The molecule has 1 amide bonds. The molecule has 18 heavy (non-hydrogen) atoms. The Hall–Kier alpha value is -1.51. The van der Waals surface area contributed by atoms with Gasteiger partial charge in [-0.25, -0.2) is 0 Å². The zero-order valence-electron chi connectivity index (χ0n) is 11.3. The highest BCUT2D eigenvalue weighted by molar-refractivity contribution is 5.77. The summed E-state index contributed by atoms with van der Waals surface area (Å²) in [6.45, 7) is 6.22. The first-order valence-corrected chi connectivity index (χ1v) is 6.76. The minimum atomic E-state index is -0.143. The molecule has 0 unspecified atom stereocenters. The summed E-state index contributed by atoms with van der Waals surface area (Å²) < 4.78 is 0. The van der Waals surface area contributed by atoms with Crippen molar-refractivity contribution in [2.75, 3.05) is 18.0 Å². The summed E-state index contributed by atoms with van der Waals surface area (Å²) in [5.41, 5.74) is 9.47. The molecule has 2 rings (SSSR count). The van der Waals surface area contributed by atoms with E-state index in [9.17, 15) is 4.79 Å². The quantitative estimate of drug-likeness (QED) is 0.889. The number of hydrogen-bond acceptors (Lipinski definition) is 2. The number of carbonyl (C=O) groups excluding carboxylic acids is 1. The van der Waals surface area contributed by atoms with Gasteiger partial charge in [-0.05, 0) is 37.3 Å². The van der Waals surface area contributed by atoms with Crippen LogP contribution in [0.3, 0.4) is 0 Å². The van der Waals surface area contributed by atoms with E-state index in [4.69, 9.17) is 5.73 Å². The van der Waals surface area contributed by atoms with Crippen LogP contribution in [0.2, 0.25) is 0 Å². The van der Waals surface area contributed by atoms with Crippen molar-refractivity contribution in [3.63, 3.8) is 0 Å². The van der Waals surface area contributed by atoms with Crippen LogP contribution >= 0.6 is 0 Å². The Morgan fingerprint density at radius 2 is 2.06 bits per heavy atom. The Morgan fingerprint density at radius 1 is 1.39 bits per heavy atom. The first-order valence-electron chi connectivity index (χ1n) is 6.76. The second kappa shape index (κ2) is 5.42. The molecule has 1 aromatic carbocycles. The van der Waals surface area contributed by atoms with E-state index in [1.807, 2.05) is 0 Å². The van der Waals surface area contributed by atoms with Crippen LogP contribution in [0.5, 0.6) is 0 Å². The fraction of sp³-hybridized carbons (Fsp3) is 0.533. The van der Waals surface area contributed by atoms with Crippen LogP contribution in [0.4, 0.5) is 5.69 Å². The van der Waals surface area contributed by atoms with E-state index in [1.54, 1.807) is 0 Å². The zero-order chi connectivity index (χ0) is 13.1. The Kier molecular flexibility index (Phi) is 3.90. The number of para-hydroxylation sites is 1. The number of primary amides is 1. The highest BCUT2D eigenvalue weighted by atomic mass is 16.1. The molecular weight excluding hydrogens is 224 g/mol. The second-order valence-electron chi connectivity index (χ2n) is 5.10. The maximum absolute atomic E-state index is 11.2. The SMILES string of the molecule is CCc1cccc(C)c1N1CCC(C(N)=O)CC1. The molecule has 2 N–H and O–H groups in total. The number of aryl methyl sites for hydroxylation is 2. The van der Waals surface area contributed by atoms with E-state index in [0.29, 0.717) is 0 Å². The molecule has 1 aromatic rings. The van der Waals surface area contributed by atoms with Gasteiger partial charge in [-0.15, -0.1) is 0 Å². The van der Waals surface area contributed by atoms with Gasteiger partial charge in [0.25, 0.3) is 0 Å². The van der Waals surface area contributed by atoms with Crippen molar-refractivity contribution in [3.05, 3.63) is 29.3 Å². The van der Waals surface area contributed by atoms with E-state index in [2.05, 4.69) is 36.9 Å². The molecule has 0 atom stereocenters. The van der Waals surface area contributed by atoms with Crippen LogP contribution in [0, 0.1) is 12.8 Å². The maximum atomic E-state index is 11.2. The Balaban J connectivity index is 2.17. The molecule has 0 bridgehead atoms. The Labute approximate surface area is 109 Å². The molecular formula is C15H22N2O. The number of nitrogens with zero attached hydrogens (tertiary/aromatic N) is 1. The summed E-state index contributed by atoms with van der Waals surface area (Å²) in [6.07, 6.45) is 2.81. The van der Waals surface area contributed by atoms with E-state index in [-0.39, 0.29) is 11.8 Å². The fourth-order valence-electron chi connectivity index (χ4n) is 2.85. The number of hydrogen-bond donors (Lipinski definition) is 1. The van der Waals surface area contributed by atoms with Gasteiger partial charge in [0.05, 0.1) is 0 Å². The molecule has 98 valence electrons. The van der Waals surface area contributed by atoms with E-state index in [0.717, 1.165) is 32.4 Å². The lowest BCUT2D eigenvalue weighted by atomic mass is 9.94. The van der Waals surface area contributed by atoms with Gasteiger partial charge < -0.3 is 10.6 Å². The molecule has 1 saturated heterocycles. The standard InChI is InChI=1S/C15H22N2O/c1-3-12-6-4-5-11(2)14(12)17-9-7-13(8-10-17)15(16)18/h4-6,13H,3,7-10H2,1-2H3,(H2,16,18). The average molecular weight is 246 g/mol. The number of rotatable bonds is 3. The number of benzene rings is 1. The molecule has 0 spiro atoms. The molecule has 1 aliphatic rings. The molecule has 1 fully saturated rings. The summed E-state index contributed by atoms with van der Waals surface area (Å²) in [7, 11) is 0. The summed E-state index contributed by atoms with van der Waals surface area (Å²) in [6, 6.07) is 6.48. The predicted molar refractivity (Wildman–Crippen MR) is 74.7 cm³/mol. The van der Waals surface area contributed by atoms with Crippen LogP contribution in [-0.2, 0) is 11.2 Å². The van der Waals surface area contributed by atoms with Gasteiger partial charge in [0, 0.05) is 24.7 Å². The lowest BCUT2D eigenvalue weighted by Gasteiger charge is -2.34. The van der Waals surface area contributed by atoms with Crippen LogP contribution in [0.15, 0.2) is 18.2 Å². The number of carbonyl (C=O) groups is 1. The average Bonchev–Trinajstić information content (AvgIpc) is 2.38. The number of nitrogens with two attached hydrogens (primary N) is 1. The van der Waals surface area contributed by atoms with Gasteiger partial charge in [0.1, 0.15) is 0 Å². The summed E-state index contributed by atoms with van der Waals surface area (Å²) in [5.74, 6) is -0.0782. The number of piperidine rings is 1. The van der Waals surface area contributed by atoms with E-state index < -0.39 is 0 Å². The van der Waals surface area contributed by atoms with Crippen LogP contribution in [-0.4, -0.2) is 19.0 Å². The predicted octanol–water partition coefficient (Wildman–Crippen LogP) is 2.26. The molecule has 1 aliphatic heterocycles. The van der Waals surface area contributed by atoms with Gasteiger partial charge in [0.15, 0.2) is 0 Å². The molecule has 3 heteroatoms. The number of anilines is 1. The molecule has 0 aromatic heterocycles. The van der Waals surface area contributed by atoms with Crippen molar-refractivity contribution in [1.82, 2.24) is 0 Å². The second-order valence-corrected chi connectivity index (χ2v) is 5.10. The van der Waals surface area contributed by atoms with E-state index >= 15 is 0 Å². The van der Waals surface area contributed by atoms with Gasteiger partial charge in [-0.3, -0.25) is 4.79 Å². The van der Waals surface area contributed by atoms with Crippen molar-refractivity contribution in [1.29, 1.82) is 0 Å². The minimum absolute atomic E-state index is 0.0651. The van der Waals surface area contributed by atoms with Gasteiger partial charge >= 0.3 is 0 Å². The van der Waals surface area contributed by atoms with Gasteiger partial charge in [-0.1, -0.05) is 25.1 Å². The Bertz CT molecular complexity index is 434. The highest BCUT2D eigenvalue weighted by Gasteiger charge is 2.24. The van der Waals surface area contributed by atoms with Crippen molar-refractivity contribution in [2.45, 2.75) is 33.1 Å². The van der Waals surface area contributed by atoms with Crippen molar-refractivity contribution in [2.24, 2.45) is 11.7 Å². The third-order valence-corrected chi connectivity index (χ3v) is 3.92. The normalized spacial score (nSPS) is 16.9. The lowest BCUT2D eigenvalue weighted by Crippen LogP contribution is -2.39. The monoisotopic (exact) mass is 246 g/mol. The van der Waals surface area contributed by atoms with Crippen LogP contribution in [0.25, 0.3) is 0 Å². The Morgan fingerprint density at radius 3 is 2.61 bits per heavy atom. The molecule has 0 aliphatic carbocycles. The maximum Gasteiger partial charge on any atom is 0.220 e. The number of amides is 1. The van der Waals surface area contributed by atoms with Crippen LogP contribution in [0.1, 0.15) is 30.9 Å². The third-order valence-electron chi connectivity index (χ3n) is 3.92. The molecule has 0 radical (unpaired) electrons. The summed E-state index contributed by atoms with van der Waals surface area (Å²) >= 11 is 0. The van der Waals surface area contributed by atoms with Crippen molar-refractivity contribution >= 4 is 11.6 Å². The largest absolute Gasteiger partial charge is 0.371 e. The molecule has 0 saturated carbocycles. The first-order chi connectivity index (χ1) is 8.63. The van der Waals surface area contributed by atoms with E-state index in [1.165, 1.54) is 16.8 Å². The minimum Gasteiger partial charge on any atom is -0.371 e. The third kappa shape index (κ3) is 2.50. The van der Waals surface area contributed by atoms with Crippen LogP contribution < -0.4 is 10.6 Å². The smallest absolute Gasteiger partial charge is 0.220 e. The van der Waals surface area contributed by atoms with Crippen molar-refractivity contribution < 1.29 is 4.79 Å². The van der Waals surface area contributed by atoms with Crippen molar-refractivity contribution in [3.8, 4) is 0 Å². The molecule has 3 nitrogen and oxygen atoms in total. The fourth-order valence-corrected chi connectivity index (χ4v) is 2.85. The topological polar surface area (TPSA) is 46.3 Å². The zero-order valence-corrected chi connectivity index (χ0v) is 11.3. The summed E-state index contributed by atoms with van der Waals surface area (Å²) in [4.78, 5) is 13.6.